The quantitative estimate of drug-likeness (QED) is 0.646. The van der Waals surface area contributed by atoms with E-state index < -0.39 is 0 Å². The van der Waals surface area contributed by atoms with Crippen LogP contribution in [0.15, 0.2) is 18.2 Å². The summed E-state index contributed by atoms with van der Waals surface area (Å²) < 4.78 is 10.7. The highest BCUT2D eigenvalue weighted by Crippen LogP contribution is 2.34. The second kappa shape index (κ2) is 6.90. The molecule has 8 heteroatoms. The normalized spacial score (nSPS) is 14.5. The van der Waals surface area contributed by atoms with Gasteiger partial charge in [0.15, 0.2) is 0 Å². The van der Waals surface area contributed by atoms with Gasteiger partial charge in [-0.05, 0) is 12.1 Å². The summed E-state index contributed by atoms with van der Waals surface area (Å²) >= 11 is 0. The topological polar surface area (TPSA) is 110 Å². The SMILES string of the molecule is CO.COc1ccc2c(c1)[nH]c1nc(N)nc(N3CCOCC3)c12. The number of methoxy groups -OCH3 is 1. The number of hydrogen-bond acceptors (Lipinski definition) is 7. The van der Waals surface area contributed by atoms with E-state index in [4.69, 9.17) is 20.3 Å². The molecule has 0 atom stereocenters. The van der Waals surface area contributed by atoms with Crippen LogP contribution < -0.4 is 15.4 Å². The highest BCUT2D eigenvalue weighted by molar-refractivity contribution is 6.11. The van der Waals surface area contributed by atoms with Gasteiger partial charge in [0, 0.05) is 31.7 Å². The van der Waals surface area contributed by atoms with E-state index in [1.807, 2.05) is 18.2 Å². The fraction of sp³-hybridized carbons (Fsp3) is 0.375. The fourth-order valence-electron chi connectivity index (χ4n) is 2.91. The maximum Gasteiger partial charge on any atom is 0.223 e. The van der Waals surface area contributed by atoms with E-state index in [0.717, 1.165) is 53.7 Å². The van der Waals surface area contributed by atoms with Crippen LogP contribution in [0.5, 0.6) is 5.75 Å². The van der Waals surface area contributed by atoms with Gasteiger partial charge in [-0.3, -0.25) is 0 Å². The number of benzene rings is 1. The van der Waals surface area contributed by atoms with Crippen molar-refractivity contribution in [2.45, 2.75) is 0 Å². The van der Waals surface area contributed by atoms with Crippen LogP contribution in [0, 0.1) is 0 Å². The Morgan fingerprint density at radius 2 is 2.00 bits per heavy atom. The molecule has 128 valence electrons. The smallest absolute Gasteiger partial charge is 0.223 e. The molecule has 3 heterocycles. The van der Waals surface area contributed by atoms with Crippen molar-refractivity contribution < 1.29 is 14.6 Å². The number of aromatic nitrogens is 3. The Hall–Kier alpha value is -2.58. The highest BCUT2D eigenvalue weighted by Gasteiger charge is 2.20. The third kappa shape index (κ3) is 2.81. The summed E-state index contributed by atoms with van der Waals surface area (Å²) in [6.45, 7) is 2.99. The number of anilines is 2. The lowest BCUT2D eigenvalue weighted by Crippen LogP contribution is -2.37. The molecule has 24 heavy (non-hydrogen) atoms. The predicted molar refractivity (Wildman–Crippen MR) is 93.5 cm³/mol. The van der Waals surface area contributed by atoms with Gasteiger partial charge in [-0.25, -0.2) is 0 Å². The minimum atomic E-state index is 0.271. The van der Waals surface area contributed by atoms with Gasteiger partial charge in [0.25, 0.3) is 0 Å². The van der Waals surface area contributed by atoms with Crippen molar-refractivity contribution in [3.05, 3.63) is 18.2 Å². The van der Waals surface area contributed by atoms with Crippen LogP contribution in [0.4, 0.5) is 11.8 Å². The molecule has 4 N–H and O–H groups in total. The van der Waals surface area contributed by atoms with E-state index >= 15 is 0 Å². The minimum Gasteiger partial charge on any atom is -0.497 e. The first-order valence-electron chi connectivity index (χ1n) is 7.66. The summed E-state index contributed by atoms with van der Waals surface area (Å²) in [4.78, 5) is 14.3. The molecule has 2 aromatic heterocycles. The van der Waals surface area contributed by atoms with Crippen molar-refractivity contribution in [3.8, 4) is 5.75 Å². The number of rotatable bonds is 2. The van der Waals surface area contributed by atoms with E-state index in [9.17, 15) is 0 Å². The molecule has 0 bridgehead atoms. The van der Waals surface area contributed by atoms with Gasteiger partial charge < -0.3 is 30.2 Å². The number of nitrogen functional groups attached to an aromatic ring is 1. The number of H-pyrrole nitrogens is 1. The summed E-state index contributed by atoms with van der Waals surface area (Å²) in [6.07, 6.45) is 0. The number of aliphatic hydroxyl groups is 1. The summed E-state index contributed by atoms with van der Waals surface area (Å²) in [5.41, 5.74) is 7.59. The van der Waals surface area contributed by atoms with Crippen LogP contribution >= 0.6 is 0 Å². The van der Waals surface area contributed by atoms with Gasteiger partial charge >= 0.3 is 0 Å². The molecule has 0 saturated carbocycles. The summed E-state index contributed by atoms with van der Waals surface area (Å²) in [7, 11) is 2.65. The van der Waals surface area contributed by atoms with Crippen LogP contribution in [0.1, 0.15) is 0 Å². The molecule has 3 aromatic rings. The molecular weight excluding hydrogens is 310 g/mol. The first-order valence-corrected chi connectivity index (χ1v) is 7.66. The summed E-state index contributed by atoms with van der Waals surface area (Å²) in [5, 5.41) is 9.06. The van der Waals surface area contributed by atoms with Gasteiger partial charge in [0.2, 0.25) is 5.95 Å². The number of nitrogens with one attached hydrogen (secondary N) is 1. The summed E-state index contributed by atoms with van der Waals surface area (Å²) in [6, 6.07) is 5.92. The van der Waals surface area contributed by atoms with Gasteiger partial charge in [-0.15, -0.1) is 0 Å². The van der Waals surface area contributed by atoms with Crippen molar-refractivity contribution in [2.24, 2.45) is 0 Å². The van der Waals surface area contributed by atoms with Crippen LogP contribution in [0.3, 0.4) is 0 Å². The Kier molecular flexibility index (Phi) is 4.68. The zero-order chi connectivity index (χ0) is 17.1. The van der Waals surface area contributed by atoms with Crippen molar-refractivity contribution in [1.82, 2.24) is 15.0 Å². The molecule has 1 aromatic carbocycles. The Morgan fingerprint density at radius 3 is 2.71 bits per heavy atom. The maximum absolute atomic E-state index is 7.00. The average molecular weight is 331 g/mol. The largest absolute Gasteiger partial charge is 0.497 e. The Bertz CT molecular complexity index is 842. The number of nitrogens with two attached hydrogens (primary N) is 1. The van der Waals surface area contributed by atoms with E-state index in [0.29, 0.717) is 13.2 Å². The number of fused-ring (bicyclic) bond motifs is 3. The van der Waals surface area contributed by atoms with E-state index in [1.165, 1.54) is 0 Å². The molecule has 0 amide bonds. The Balaban J connectivity index is 0.000000815. The molecule has 1 aliphatic heterocycles. The van der Waals surface area contributed by atoms with Gasteiger partial charge in [-0.2, -0.15) is 9.97 Å². The van der Waals surface area contributed by atoms with Gasteiger partial charge in [0.05, 0.1) is 31.2 Å². The number of nitrogens with zero attached hydrogens (tertiary/aromatic N) is 3. The second-order valence-corrected chi connectivity index (χ2v) is 5.26. The lowest BCUT2D eigenvalue weighted by atomic mass is 10.2. The fourth-order valence-corrected chi connectivity index (χ4v) is 2.91. The Morgan fingerprint density at radius 1 is 1.25 bits per heavy atom. The first-order chi connectivity index (χ1) is 11.8. The monoisotopic (exact) mass is 331 g/mol. The van der Waals surface area contributed by atoms with E-state index in [1.54, 1.807) is 7.11 Å². The van der Waals surface area contributed by atoms with Gasteiger partial charge in [0.1, 0.15) is 17.2 Å². The molecule has 1 fully saturated rings. The predicted octanol–water partition coefficient (Wildman–Crippen LogP) is 1.15. The number of morpholine rings is 1. The molecule has 1 saturated heterocycles. The molecular formula is C16H21N5O3. The first kappa shape index (κ1) is 16.3. The average Bonchev–Trinajstić information content (AvgIpc) is 3.00. The van der Waals surface area contributed by atoms with Crippen molar-refractivity contribution >= 4 is 33.7 Å². The van der Waals surface area contributed by atoms with Crippen LogP contribution in [-0.2, 0) is 4.74 Å². The van der Waals surface area contributed by atoms with E-state index in [2.05, 4.69) is 19.9 Å². The molecule has 8 nitrogen and oxygen atoms in total. The van der Waals surface area contributed by atoms with E-state index in [-0.39, 0.29) is 5.95 Å². The standard InChI is InChI=1S/C15H17N5O2.CH4O/c1-21-9-2-3-10-11(8-9)17-13-12(10)14(19-15(16)18-13)20-4-6-22-7-5-20;1-2/h2-3,8H,4-7H2,1H3,(H3,16,17,18,19);2H,1H3. The molecule has 0 aliphatic carbocycles. The molecule has 0 spiro atoms. The molecule has 0 radical (unpaired) electrons. The second-order valence-electron chi connectivity index (χ2n) is 5.26. The Labute approximate surface area is 139 Å². The number of aromatic amines is 1. The van der Waals surface area contributed by atoms with Crippen LogP contribution in [0.2, 0.25) is 0 Å². The highest BCUT2D eigenvalue weighted by atomic mass is 16.5. The van der Waals surface area contributed by atoms with Crippen molar-refractivity contribution in [2.75, 3.05) is 51.2 Å². The minimum absolute atomic E-state index is 0.271. The van der Waals surface area contributed by atoms with Crippen molar-refractivity contribution in [3.63, 3.8) is 0 Å². The third-order valence-electron chi connectivity index (χ3n) is 3.97. The number of aliphatic hydroxyl groups excluding tert-OH is 1. The number of ether oxygens (including phenoxy) is 2. The van der Waals surface area contributed by atoms with Gasteiger partial charge in [-0.1, -0.05) is 0 Å². The zero-order valence-corrected chi connectivity index (χ0v) is 13.7. The molecule has 1 aliphatic rings. The third-order valence-corrected chi connectivity index (χ3v) is 3.97. The van der Waals surface area contributed by atoms with Crippen molar-refractivity contribution in [1.29, 1.82) is 0 Å². The lowest BCUT2D eigenvalue weighted by Gasteiger charge is -2.28. The molecule has 0 unspecified atom stereocenters. The lowest BCUT2D eigenvalue weighted by molar-refractivity contribution is 0.122. The number of hydrogen-bond donors (Lipinski definition) is 3. The van der Waals surface area contributed by atoms with Crippen LogP contribution in [0.25, 0.3) is 21.9 Å². The summed E-state index contributed by atoms with van der Waals surface area (Å²) in [5.74, 6) is 1.93. The maximum atomic E-state index is 7.00. The van der Waals surface area contributed by atoms with Crippen LogP contribution in [-0.4, -0.2) is 60.6 Å². The molecule has 4 rings (SSSR count). The zero-order valence-electron chi connectivity index (χ0n) is 13.7.